The van der Waals surface area contributed by atoms with Crippen molar-refractivity contribution in [1.82, 2.24) is 10.2 Å². The molecule has 0 spiro atoms. The van der Waals surface area contributed by atoms with Gasteiger partial charge in [0.1, 0.15) is 0 Å². The van der Waals surface area contributed by atoms with E-state index in [1.807, 2.05) is 0 Å². The normalized spacial score (nSPS) is 29.4. The summed E-state index contributed by atoms with van der Waals surface area (Å²) in [6.07, 6.45) is 3.95. The van der Waals surface area contributed by atoms with E-state index in [-0.39, 0.29) is 0 Å². The first-order chi connectivity index (χ1) is 7.11. The van der Waals surface area contributed by atoms with Crippen molar-refractivity contribution in [2.75, 3.05) is 27.2 Å². The van der Waals surface area contributed by atoms with Crippen LogP contribution in [-0.4, -0.2) is 50.3 Å². The first-order valence-electron chi connectivity index (χ1n) is 6.14. The van der Waals surface area contributed by atoms with Crippen LogP contribution in [0.1, 0.15) is 33.1 Å². The van der Waals surface area contributed by atoms with Gasteiger partial charge in [-0.2, -0.15) is 0 Å². The molecule has 1 aliphatic heterocycles. The van der Waals surface area contributed by atoms with Crippen LogP contribution in [0.5, 0.6) is 0 Å². The zero-order valence-corrected chi connectivity index (χ0v) is 10.6. The molecule has 90 valence electrons. The Balaban J connectivity index is 2.25. The topological polar surface area (TPSA) is 24.5 Å². The van der Waals surface area contributed by atoms with Crippen LogP contribution in [0.25, 0.3) is 0 Å². The summed E-state index contributed by atoms with van der Waals surface area (Å²) in [5, 5.41) is 3.69. The molecular formula is C12H26N2O. The van der Waals surface area contributed by atoms with Gasteiger partial charge < -0.3 is 15.0 Å². The lowest BCUT2D eigenvalue weighted by Crippen LogP contribution is -2.46. The summed E-state index contributed by atoms with van der Waals surface area (Å²) in [7, 11) is 4.24. The minimum Gasteiger partial charge on any atom is -0.378 e. The summed E-state index contributed by atoms with van der Waals surface area (Å²) < 4.78 is 5.67. The number of hydrogen-bond acceptors (Lipinski definition) is 3. The summed E-state index contributed by atoms with van der Waals surface area (Å²) in [5.74, 6) is 0. The number of hydrogen-bond donors (Lipinski definition) is 1. The van der Waals surface area contributed by atoms with Gasteiger partial charge in [-0.1, -0.05) is 6.92 Å². The molecule has 0 amide bonds. The first-order valence-corrected chi connectivity index (χ1v) is 6.14. The smallest absolute Gasteiger partial charge is 0.0587 e. The molecule has 0 aliphatic carbocycles. The molecule has 3 heteroatoms. The van der Waals surface area contributed by atoms with E-state index in [4.69, 9.17) is 4.74 Å². The fourth-order valence-electron chi connectivity index (χ4n) is 2.32. The molecule has 1 fully saturated rings. The minimum absolute atomic E-state index is 0.475. The largest absolute Gasteiger partial charge is 0.378 e. The van der Waals surface area contributed by atoms with Gasteiger partial charge in [0, 0.05) is 25.2 Å². The van der Waals surface area contributed by atoms with Crippen LogP contribution in [0.4, 0.5) is 0 Å². The number of nitrogens with zero attached hydrogens (tertiary/aromatic N) is 1. The maximum atomic E-state index is 5.67. The Morgan fingerprint density at radius 1 is 1.47 bits per heavy atom. The number of rotatable bonds is 5. The lowest BCUT2D eigenvalue weighted by molar-refractivity contribution is -0.00201. The summed E-state index contributed by atoms with van der Waals surface area (Å²) in [5.41, 5.74) is 0. The summed E-state index contributed by atoms with van der Waals surface area (Å²) >= 11 is 0. The van der Waals surface area contributed by atoms with Crippen molar-refractivity contribution in [3.05, 3.63) is 0 Å². The second kappa shape index (κ2) is 6.46. The van der Waals surface area contributed by atoms with Crippen molar-refractivity contribution in [3.63, 3.8) is 0 Å². The monoisotopic (exact) mass is 214 g/mol. The second-order valence-electron chi connectivity index (χ2n) is 4.95. The van der Waals surface area contributed by atoms with Gasteiger partial charge in [0.2, 0.25) is 0 Å². The lowest BCUT2D eigenvalue weighted by atomic mass is 10.0. The third-order valence-corrected chi connectivity index (χ3v) is 2.98. The standard InChI is InChI=1S/C12H26N2O/c1-5-12-8-11(6-7-15-12)13-10(2)9-14(3)4/h10-13H,5-9H2,1-4H3. The van der Waals surface area contributed by atoms with Gasteiger partial charge >= 0.3 is 0 Å². The zero-order chi connectivity index (χ0) is 11.3. The fourth-order valence-corrected chi connectivity index (χ4v) is 2.32. The summed E-state index contributed by atoms with van der Waals surface area (Å²) in [6.45, 7) is 6.49. The fraction of sp³-hybridized carbons (Fsp3) is 1.00. The van der Waals surface area contributed by atoms with Crippen LogP contribution in [0, 0.1) is 0 Å². The van der Waals surface area contributed by atoms with Gasteiger partial charge in [-0.3, -0.25) is 0 Å². The van der Waals surface area contributed by atoms with E-state index in [2.05, 4.69) is 38.2 Å². The molecule has 1 heterocycles. The zero-order valence-electron chi connectivity index (χ0n) is 10.6. The van der Waals surface area contributed by atoms with E-state index >= 15 is 0 Å². The predicted molar refractivity (Wildman–Crippen MR) is 64.2 cm³/mol. The molecule has 0 radical (unpaired) electrons. The molecule has 0 aromatic carbocycles. The van der Waals surface area contributed by atoms with E-state index in [9.17, 15) is 0 Å². The number of likely N-dealkylation sites (N-methyl/N-ethyl adjacent to an activating group) is 1. The van der Waals surface area contributed by atoms with Crippen molar-refractivity contribution in [2.45, 2.75) is 51.3 Å². The highest BCUT2D eigenvalue weighted by Crippen LogP contribution is 2.16. The molecule has 0 bridgehead atoms. The Bertz CT molecular complexity index is 173. The van der Waals surface area contributed by atoms with Crippen LogP contribution in [0.15, 0.2) is 0 Å². The van der Waals surface area contributed by atoms with E-state index < -0.39 is 0 Å². The predicted octanol–water partition coefficient (Wildman–Crippen LogP) is 1.48. The molecule has 0 saturated carbocycles. The van der Waals surface area contributed by atoms with Gasteiger partial charge in [0.05, 0.1) is 6.10 Å². The molecule has 3 unspecified atom stereocenters. The maximum Gasteiger partial charge on any atom is 0.0587 e. The molecule has 1 N–H and O–H groups in total. The van der Waals surface area contributed by atoms with Crippen molar-refractivity contribution >= 4 is 0 Å². The van der Waals surface area contributed by atoms with Crippen LogP contribution in [0.2, 0.25) is 0 Å². The second-order valence-corrected chi connectivity index (χ2v) is 4.95. The van der Waals surface area contributed by atoms with Crippen molar-refractivity contribution < 1.29 is 4.74 Å². The lowest BCUT2D eigenvalue weighted by Gasteiger charge is -2.32. The van der Waals surface area contributed by atoms with E-state index in [0.29, 0.717) is 18.2 Å². The van der Waals surface area contributed by atoms with Gasteiger partial charge in [0.25, 0.3) is 0 Å². The van der Waals surface area contributed by atoms with Crippen LogP contribution >= 0.6 is 0 Å². The van der Waals surface area contributed by atoms with Crippen molar-refractivity contribution in [1.29, 1.82) is 0 Å². The van der Waals surface area contributed by atoms with Crippen LogP contribution in [0.3, 0.4) is 0 Å². The Kier molecular flexibility index (Phi) is 5.58. The third-order valence-electron chi connectivity index (χ3n) is 2.98. The van der Waals surface area contributed by atoms with E-state index in [0.717, 1.165) is 26.0 Å². The minimum atomic E-state index is 0.475. The first kappa shape index (κ1) is 12.9. The molecule has 1 aliphatic rings. The molecular weight excluding hydrogens is 188 g/mol. The quantitative estimate of drug-likeness (QED) is 0.750. The van der Waals surface area contributed by atoms with Gasteiger partial charge in [-0.15, -0.1) is 0 Å². The number of nitrogens with one attached hydrogen (secondary N) is 1. The van der Waals surface area contributed by atoms with Gasteiger partial charge in [0.15, 0.2) is 0 Å². The highest BCUT2D eigenvalue weighted by atomic mass is 16.5. The Morgan fingerprint density at radius 2 is 2.20 bits per heavy atom. The van der Waals surface area contributed by atoms with Gasteiger partial charge in [-0.05, 0) is 40.3 Å². The summed E-state index contributed by atoms with van der Waals surface area (Å²) in [6, 6.07) is 1.22. The molecule has 15 heavy (non-hydrogen) atoms. The SMILES string of the molecule is CCC1CC(NC(C)CN(C)C)CCO1. The van der Waals surface area contributed by atoms with Crippen LogP contribution < -0.4 is 5.32 Å². The maximum absolute atomic E-state index is 5.67. The Labute approximate surface area is 94.2 Å². The Morgan fingerprint density at radius 3 is 2.80 bits per heavy atom. The summed E-state index contributed by atoms with van der Waals surface area (Å²) in [4.78, 5) is 2.23. The van der Waals surface area contributed by atoms with E-state index in [1.54, 1.807) is 0 Å². The molecule has 0 aromatic rings. The molecule has 3 atom stereocenters. The van der Waals surface area contributed by atoms with E-state index in [1.165, 1.54) is 6.42 Å². The average Bonchev–Trinajstić information content (AvgIpc) is 2.16. The van der Waals surface area contributed by atoms with Gasteiger partial charge in [-0.25, -0.2) is 0 Å². The third kappa shape index (κ3) is 4.96. The van der Waals surface area contributed by atoms with Crippen molar-refractivity contribution in [3.8, 4) is 0 Å². The highest BCUT2D eigenvalue weighted by Gasteiger charge is 2.22. The molecule has 1 saturated heterocycles. The molecule has 1 rings (SSSR count). The average molecular weight is 214 g/mol. The van der Waals surface area contributed by atoms with Crippen molar-refractivity contribution in [2.24, 2.45) is 0 Å². The molecule has 3 nitrogen and oxygen atoms in total. The van der Waals surface area contributed by atoms with Crippen LogP contribution in [-0.2, 0) is 4.74 Å². The number of ether oxygens (including phenoxy) is 1. The molecule has 0 aromatic heterocycles. The highest BCUT2D eigenvalue weighted by molar-refractivity contribution is 4.79. The Hall–Kier alpha value is -0.120.